The maximum atomic E-state index is 9.00. The molecule has 1 atom stereocenters. The molecule has 4 heterocycles. The Morgan fingerprint density at radius 1 is 1.00 bits per heavy atom. The summed E-state index contributed by atoms with van der Waals surface area (Å²) >= 11 is 0. The topological polar surface area (TPSA) is 125 Å². The molecule has 1 unspecified atom stereocenters. The van der Waals surface area contributed by atoms with Crippen molar-refractivity contribution in [2.45, 2.75) is 65.9 Å². The van der Waals surface area contributed by atoms with Gasteiger partial charge in [-0.25, -0.2) is 4.98 Å². The number of piperidine rings is 2. The van der Waals surface area contributed by atoms with Crippen LogP contribution in [-0.4, -0.2) is 75.8 Å². The predicted octanol–water partition coefficient (Wildman–Crippen LogP) is 2.29. The minimum atomic E-state index is -0.833. The van der Waals surface area contributed by atoms with Crippen LogP contribution in [0.5, 0.6) is 5.88 Å². The van der Waals surface area contributed by atoms with Crippen LogP contribution in [-0.2, 0) is 16.0 Å². The van der Waals surface area contributed by atoms with Crippen molar-refractivity contribution in [1.82, 2.24) is 20.2 Å². The fraction of sp³-hybridized carbons (Fsp3) is 0.739. The molecule has 3 aliphatic heterocycles. The lowest BCUT2D eigenvalue weighted by Crippen LogP contribution is -2.43. The van der Waals surface area contributed by atoms with E-state index in [1.54, 1.807) is 0 Å². The number of carboxylic acids is 2. The second-order valence-electron chi connectivity index (χ2n) is 8.85. The third kappa shape index (κ3) is 8.70. The summed E-state index contributed by atoms with van der Waals surface area (Å²) in [6.07, 6.45) is 6.71. The van der Waals surface area contributed by atoms with Gasteiger partial charge in [-0.2, -0.15) is 4.98 Å². The Morgan fingerprint density at radius 2 is 1.53 bits per heavy atom. The predicted molar refractivity (Wildman–Crippen MR) is 121 cm³/mol. The summed E-state index contributed by atoms with van der Waals surface area (Å²) in [4.78, 5) is 29.6. The van der Waals surface area contributed by atoms with E-state index in [0.717, 1.165) is 56.0 Å². The van der Waals surface area contributed by atoms with Crippen LogP contribution in [0.3, 0.4) is 0 Å². The number of aliphatic carboxylic acids is 2. The summed E-state index contributed by atoms with van der Waals surface area (Å²) in [5.74, 6) is 1.88. The van der Waals surface area contributed by atoms with E-state index in [0.29, 0.717) is 0 Å². The van der Waals surface area contributed by atoms with E-state index < -0.39 is 11.9 Å². The first-order chi connectivity index (χ1) is 15.2. The van der Waals surface area contributed by atoms with E-state index in [1.807, 2.05) is 6.92 Å². The third-order valence-electron chi connectivity index (χ3n) is 6.14. The second kappa shape index (κ2) is 12.7. The summed E-state index contributed by atoms with van der Waals surface area (Å²) in [6.45, 7) is 12.1. The first kappa shape index (κ1) is 26.0. The zero-order chi connectivity index (χ0) is 23.7. The van der Waals surface area contributed by atoms with Gasteiger partial charge in [0.25, 0.3) is 11.9 Å². The molecule has 3 aliphatic rings. The van der Waals surface area contributed by atoms with Gasteiger partial charge in [-0.1, -0.05) is 0 Å². The molecule has 0 spiro atoms. The van der Waals surface area contributed by atoms with E-state index in [9.17, 15) is 0 Å². The normalized spacial score (nSPS) is 21.3. The van der Waals surface area contributed by atoms with Crippen LogP contribution in [0.2, 0.25) is 0 Å². The van der Waals surface area contributed by atoms with Crippen LogP contribution < -0.4 is 10.1 Å². The van der Waals surface area contributed by atoms with Gasteiger partial charge in [0.15, 0.2) is 0 Å². The quantitative estimate of drug-likeness (QED) is 0.636. The summed E-state index contributed by atoms with van der Waals surface area (Å²) in [6, 6.07) is 0. The first-order valence-corrected chi connectivity index (χ1v) is 11.5. The van der Waals surface area contributed by atoms with Gasteiger partial charge in [-0.15, -0.1) is 0 Å². The number of nitrogens with zero attached hydrogens (tertiary/aromatic N) is 3. The number of fused-ring (bicyclic) bond motifs is 1. The number of carbonyl (C=O) groups is 2. The van der Waals surface area contributed by atoms with E-state index in [2.05, 4.69) is 27.1 Å². The van der Waals surface area contributed by atoms with Crippen molar-refractivity contribution in [2.24, 2.45) is 11.8 Å². The zero-order valence-corrected chi connectivity index (χ0v) is 19.8. The molecule has 2 saturated heterocycles. The van der Waals surface area contributed by atoms with Crippen LogP contribution in [0, 0.1) is 25.7 Å². The molecule has 1 aromatic rings. The SMILES string of the molecule is CC(=O)O.CC(=O)O.Cc1nc(C)c2c(n1)OC(CN1CCC(C3CCNCC3)CC1)C2. The van der Waals surface area contributed by atoms with Crippen LogP contribution >= 0.6 is 0 Å². The number of nitrogens with one attached hydrogen (secondary N) is 1. The van der Waals surface area contributed by atoms with Gasteiger partial charge < -0.3 is 20.3 Å². The number of carboxylic acid groups (broad SMARTS) is 2. The number of hydrogen-bond donors (Lipinski definition) is 3. The highest BCUT2D eigenvalue weighted by atomic mass is 16.5. The van der Waals surface area contributed by atoms with Gasteiger partial charge >= 0.3 is 0 Å². The lowest BCUT2D eigenvalue weighted by atomic mass is 9.79. The highest BCUT2D eigenvalue weighted by Gasteiger charge is 2.31. The van der Waals surface area contributed by atoms with Crippen LogP contribution in [0.25, 0.3) is 0 Å². The first-order valence-electron chi connectivity index (χ1n) is 11.5. The maximum absolute atomic E-state index is 9.00. The summed E-state index contributed by atoms with van der Waals surface area (Å²) in [5.41, 5.74) is 2.31. The number of aryl methyl sites for hydroxylation is 2. The van der Waals surface area contributed by atoms with Crippen LogP contribution in [0.15, 0.2) is 0 Å². The maximum Gasteiger partial charge on any atom is 0.300 e. The number of aromatic nitrogens is 2. The largest absolute Gasteiger partial charge is 0.481 e. The third-order valence-corrected chi connectivity index (χ3v) is 6.14. The number of ether oxygens (including phenoxy) is 1. The molecule has 0 aromatic carbocycles. The Kier molecular flexibility index (Phi) is 10.3. The number of likely N-dealkylation sites (tertiary alicyclic amines) is 1. The second-order valence-corrected chi connectivity index (χ2v) is 8.85. The van der Waals surface area contributed by atoms with E-state index >= 15 is 0 Å². The smallest absolute Gasteiger partial charge is 0.300 e. The fourth-order valence-corrected chi connectivity index (χ4v) is 4.78. The Labute approximate surface area is 190 Å². The molecule has 0 radical (unpaired) electrons. The van der Waals surface area contributed by atoms with Gasteiger partial charge in [0.1, 0.15) is 11.9 Å². The molecule has 2 fully saturated rings. The van der Waals surface area contributed by atoms with Crippen molar-refractivity contribution in [2.75, 3.05) is 32.7 Å². The molecule has 9 heteroatoms. The van der Waals surface area contributed by atoms with E-state index in [1.165, 1.54) is 57.4 Å². The van der Waals surface area contributed by atoms with Crippen molar-refractivity contribution >= 4 is 11.9 Å². The van der Waals surface area contributed by atoms with Crippen molar-refractivity contribution in [3.05, 3.63) is 17.1 Å². The minimum Gasteiger partial charge on any atom is -0.481 e. The molecule has 0 aliphatic carbocycles. The standard InChI is InChI=1S/C19H30N4O.2C2H4O2/c1-13-18-11-17(24-19(18)22-14(2)21-13)12-23-9-5-16(6-10-23)15-3-7-20-8-4-15;2*1-2(3)4/h15-17,20H,3-12H2,1-2H3;2*1H3,(H,3,4). The Morgan fingerprint density at radius 3 is 2.09 bits per heavy atom. The lowest BCUT2D eigenvalue weighted by molar-refractivity contribution is -0.135. The molecular formula is C23H38N4O5. The highest BCUT2D eigenvalue weighted by Crippen LogP contribution is 2.32. The summed E-state index contributed by atoms with van der Waals surface area (Å²) in [7, 11) is 0. The minimum absolute atomic E-state index is 0.255. The Balaban J connectivity index is 0.000000395. The van der Waals surface area contributed by atoms with Crippen molar-refractivity contribution in [3.8, 4) is 5.88 Å². The molecule has 32 heavy (non-hydrogen) atoms. The monoisotopic (exact) mass is 450 g/mol. The molecule has 180 valence electrons. The molecular weight excluding hydrogens is 412 g/mol. The number of hydrogen-bond acceptors (Lipinski definition) is 7. The summed E-state index contributed by atoms with van der Waals surface area (Å²) in [5, 5.41) is 18.3. The average Bonchev–Trinajstić information content (AvgIpc) is 3.11. The van der Waals surface area contributed by atoms with Crippen molar-refractivity contribution in [1.29, 1.82) is 0 Å². The van der Waals surface area contributed by atoms with Gasteiger partial charge in [0.05, 0.1) is 0 Å². The fourth-order valence-electron chi connectivity index (χ4n) is 4.78. The Hall–Kier alpha value is -2.26. The van der Waals surface area contributed by atoms with Crippen molar-refractivity contribution < 1.29 is 24.5 Å². The Bertz CT molecular complexity index is 739. The van der Waals surface area contributed by atoms with Crippen LogP contribution in [0.4, 0.5) is 0 Å². The molecule has 0 amide bonds. The molecule has 9 nitrogen and oxygen atoms in total. The summed E-state index contributed by atoms with van der Waals surface area (Å²) < 4.78 is 6.11. The molecule has 4 rings (SSSR count). The van der Waals surface area contributed by atoms with Gasteiger partial charge in [0, 0.05) is 38.1 Å². The highest BCUT2D eigenvalue weighted by molar-refractivity contribution is 5.63. The number of rotatable bonds is 3. The molecule has 1 aromatic heterocycles. The molecule has 3 N–H and O–H groups in total. The van der Waals surface area contributed by atoms with Gasteiger partial charge in [0.2, 0.25) is 5.88 Å². The van der Waals surface area contributed by atoms with Gasteiger partial charge in [-0.3, -0.25) is 14.5 Å². The average molecular weight is 451 g/mol. The lowest BCUT2D eigenvalue weighted by Gasteiger charge is -2.38. The van der Waals surface area contributed by atoms with E-state index in [4.69, 9.17) is 24.5 Å². The zero-order valence-electron chi connectivity index (χ0n) is 19.8. The van der Waals surface area contributed by atoms with Crippen molar-refractivity contribution in [3.63, 3.8) is 0 Å². The van der Waals surface area contributed by atoms with Crippen LogP contribution in [0.1, 0.15) is 56.6 Å². The molecule has 0 saturated carbocycles. The van der Waals surface area contributed by atoms with E-state index in [-0.39, 0.29) is 6.10 Å². The molecule has 0 bridgehead atoms. The van der Waals surface area contributed by atoms with Gasteiger partial charge in [-0.05, 0) is 77.5 Å².